The first-order chi connectivity index (χ1) is 12.8. The Kier molecular flexibility index (Phi) is 6.48. The predicted octanol–water partition coefficient (Wildman–Crippen LogP) is 5.86. The van der Waals surface area contributed by atoms with Gasteiger partial charge in [-0.3, -0.25) is 0 Å². The van der Waals surface area contributed by atoms with Crippen LogP contribution in [0.3, 0.4) is 0 Å². The summed E-state index contributed by atoms with van der Waals surface area (Å²) in [6, 6.07) is 17.4. The second-order valence-corrected chi connectivity index (χ2v) is 6.68. The van der Waals surface area contributed by atoms with Gasteiger partial charge in [-0.25, -0.2) is 4.79 Å². The normalized spacial score (nSPS) is 11.1. The van der Waals surface area contributed by atoms with Crippen molar-refractivity contribution in [3.8, 4) is 0 Å². The van der Waals surface area contributed by atoms with Crippen LogP contribution in [0.4, 0.5) is 0 Å². The summed E-state index contributed by atoms with van der Waals surface area (Å²) in [6.45, 7) is 4.96. The highest BCUT2D eigenvalue weighted by atomic mass is 16.5. The first-order valence-corrected chi connectivity index (χ1v) is 9.56. The third kappa shape index (κ3) is 4.34. The van der Waals surface area contributed by atoms with Gasteiger partial charge in [0.05, 0.1) is 6.61 Å². The minimum atomic E-state index is -0.323. The second-order valence-electron chi connectivity index (χ2n) is 6.68. The third-order valence-corrected chi connectivity index (χ3v) is 4.87. The third-order valence-electron chi connectivity index (χ3n) is 4.87. The molecule has 0 amide bonds. The number of carbonyl (C=O) groups excluding carboxylic acids is 1. The van der Waals surface area contributed by atoms with Gasteiger partial charge in [-0.15, -0.1) is 0 Å². The fraction of sp³-hybridized carbons (Fsp3) is 0.348. The monoisotopic (exact) mass is 349 g/mol. The highest BCUT2D eigenvalue weighted by Gasteiger charge is 2.08. The summed E-state index contributed by atoms with van der Waals surface area (Å²) in [4.78, 5) is 10.9. The lowest BCUT2D eigenvalue weighted by Gasteiger charge is -2.07. The number of rotatable bonds is 10. The molecule has 3 heteroatoms. The van der Waals surface area contributed by atoms with Gasteiger partial charge in [0.25, 0.3) is 0 Å². The van der Waals surface area contributed by atoms with E-state index in [2.05, 4.69) is 59.7 Å². The summed E-state index contributed by atoms with van der Waals surface area (Å²) in [5.74, 6) is -0.323. The molecule has 0 aliphatic rings. The van der Waals surface area contributed by atoms with Gasteiger partial charge in [-0.2, -0.15) is 0 Å². The molecule has 0 N–H and O–H groups in total. The largest absolute Gasteiger partial charge is 0.463 e. The van der Waals surface area contributed by atoms with Crippen LogP contribution in [0, 0.1) is 0 Å². The Bertz CT molecular complexity index is 825. The van der Waals surface area contributed by atoms with E-state index in [1.165, 1.54) is 53.6 Å². The van der Waals surface area contributed by atoms with Crippen LogP contribution in [0.2, 0.25) is 0 Å². The van der Waals surface area contributed by atoms with Crippen molar-refractivity contribution in [2.24, 2.45) is 0 Å². The van der Waals surface area contributed by atoms with Crippen molar-refractivity contribution >= 4 is 27.8 Å². The molecule has 3 rings (SSSR count). The zero-order chi connectivity index (χ0) is 18.2. The van der Waals surface area contributed by atoms with Crippen molar-refractivity contribution in [2.45, 2.75) is 45.1 Å². The molecule has 0 fully saturated rings. The van der Waals surface area contributed by atoms with E-state index in [0.29, 0.717) is 6.61 Å². The lowest BCUT2D eigenvalue weighted by molar-refractivity contribution is -0.137. The van der Waals surface area contributed by atoms with Crippen LogP contribution in [0.5, 0.6) is 0 Å². The number of hydrogen-bond donors (Lipinski definition) is 0. The molecule has 0 radical (unpaired) electrons. The van der Waals surface area contributed by atoms with Crippen molar-refractivity contribution < 1.29 is 9.53 Å². The maximum absolute atomic E-state index is 10.9. The Morgan fingerprint density at radius 2 is 1.38 bits per heavy atom. The Morgan fingerprint density at radius 3 is 2.00 bits per heavy atom. The van der Waals surface area contributed by atoms with Gasteiger partial charge in [0.1, 0.15) is 0 Å². The van der Waals surface area contributed by atoms with E-state index in [-0.39, 0.29) is 5.97 Å². The molecule has 0 bridgehead atoms. The smallest absolute Gasteiger partial charge is 0.330 e. The van der Waals surface area contributed by atoms with Crippen LogP contribution >= 0.6 is 0 Å². The predicted molar refractivity (Wildman–Crippen MR) is 108 cm³/mol. The molecule has 3 aromatic rings. The lowest BCUT2D eigenvalue weighted by atomic mass is 10.1. The molecule has 0 saturated heterocycles. The van der Waals surface area contributed by atoms with Crippen LogP contribution in [-0.2, 0) is 16.1 Å². The maximum atomic E-state index is 10.9. The standard InChI is InChI=1S/C23H27NO2/c1-2-23(25)26-18-12-6-4-3-5-11-17-24-21-15-9-7-13-19(21)20-14-8-10-16-22(20)24/h2,7-10,13-16H,1,3-6,11-12,17-18H2. The van der Waals surface area contributed by atoms with Gasteiger partial charge < -0.3 is 9.30 Å². The van der Waals surface area contributed by atoms with E-state index in [0.717, 1.165) is 19.4 Å². The molecule has 1 heterocycles. The number of benzene rings is 2. The van der Waals surface area contributed by atoms with Crippen LogP contribution in [0.1, 0.15) is 38.5 Å². The van der Waals surface area contributed by atoms with E-state index in [1.54, 1.807) is 0 Å². The Labute approximate surface area is 155 Å². The molecule has 26 heavy (non-hydrogen) atoms. The van der Waals surface area contributed by atoms with Gasteiger partial charge in [0.15, 0.2) is 0 Å². The Morgan fingerprint density at radius 1 is 0.846 bits per heavy atom. The minimum absolute atomic E-state index is 0.323. The number of esters is 1. The summed E-state index contributed by atoms with van der Waals surface area (Å²) in [7, 11) is 0. The summed E-state index contributed by atoms with van der Waals surface area (Å²) < 4.78 is 7.45. The van der Waals surface area contributed by atoms with Crippen molar-refractivity contribution in [1.82, 2.24) is 4.57 Å². The van der Waals surface area contributed by atoms with Crippen molar-refractivity contribution in [1.29, 1.82) is 0 Å². The van der Waals surface area contributed by atoms with Crippen molar-refractivity contribution in [2.75, 3.05) is 6.61 Å². The molecule has 136 valence electrons. The van der Waals surface area contributed by atoms with Crippen LogP contribution in [-0.4, -0.2) is 17.1 Å². The van der Waals surface area contributed by atoms with Gasteiger partial charge in [-0.1, -0.05) is 68.7 Å². The molecular formula is C23H27NO2. The van der Waals surface area contributed by atoms with E-state index < -0.39 is 0 Å². The van der Waals surface area contributed by atoms with E-state index in [1.807, 2.05) is 0 Å². The molecule has 0 atom stereocenters. The highest BCUT2D eigenvalue weighted by molar-refractivity contribution is 6.07. The van der Waals surface area contributed by atoms with Gasteiger partial charge in [-0.05, 0) is 25.0 Å². The molecule has 0 unspecified atom stereocenters. The quantitative estimate of drug-likeness (QED) is 0.261. The van der Waals surface area contributed by atoms with Gasteiger partial charge in [0, 0.05) is 34.4 Å². The minimum Gasteiger partial charge on any atom is -0.463 e. The molecule has 0 aliphatic carbocycles. The van der Waals surface area contributed by atoms with E-state index >= 15 is 0 Å². The Hall–Kier alpha value is -2.55. The average Bonchev–Trinajstić information content (AvgIpc) is 3.00. The first-order valence-electron chi connectivity index (χ1n) is 9.56. The van der Waals surface area contributed by atoms with Gasteiger partial charge >= 0.3 is 5.97 Å². The lowest BCUT2D eigenvalue weighted by Crippen LogP contribution is -2.01. The Balaban J connectivity index is 1.45. The summed E-state index contributed by atoms with van der Waals surface area (Å²) in [5, 5.41) is 2.69. The summed E-state index contributed by atoms with van der Waals surface area (Å²) >= 11 is 0. The molecule has 0 spiro atoms. The molecule has 0 aliphatic heterocycles. The first kappa shape index (κ1) is 18.2. The number of nitrogens with zero attached hydrogens (tertiary/aromatic N) is 1. The summed E-state index contributed by atoms with van der Waals surface area (Å²) in [6.07, 6.45) is 8.10. The van der Waals surface area contributed by atoms with E-state index in [4.69, 9.17) is 4.74 Å². The number of aryl methyl sites for hydroxylation is 1. The maximum Gasteiger partial charge on any atom is 0.330 e. The zero-order valence-electron chi connectivity index (χ0n) is 15.3. The number of para-hydroxylation sites is 2. The molecule has 3 nitrogen and oxygen atoms in total. The SMILES string of the molecule is C=CC(=O)OCCCCCCCCn1c2ccccc2c2ccccc21. The number of unbranched alkanes of at least 4 members (excludes halogenated alkanes) is 5. The van der Waals surface area contributed by atoms with Crippen LogP contribution in [0.25, 0.3) is 21.8 Å². The highest BCUT2D eigenvalue weighted by Crippen LogP contribution is 2.29. The fourth-order valence-electron chi connectivity index (χ4n) is 3.55. The number of aromatic nitrogens is 1. The number of carbonyl (C=O) groups is 1. The molecule has 2 aromatic carbocycles. The van der Waals surface area contributed by atoms with Crippen LogP contribution in [0.15, 0.2) is 61.2 Å². The summed E-state index contributed by atoms with van der Waals surface area (Å²) in [5.41, 5.74) is 2.66. The number of hydrogen-bond acceptors (Lipinski definition) is 2. The number of fused-ring (bicyclic) bond motifs is 3. The van der Waals surface area contributed by atoms with Gasteiger partial charge in [0.2, 0.25) is 0 Å². The van der Waals surface area contributed by atoms with E-state index in [9.17, 15) is 4.79 Å². The fourth-order valence-corrected chi connectivity index (χ4v) is 3.55. The molecule has 0 saturated carbocycles. The molecular weight excluding hydrogens is 322 g/mol. The zero-order valence-corrected chi connectivity index (χ0v) is 15.3. The second kappa shape index (κ2) is 9.23. The van der Waals surface area contributed by atoms with Crippen molar-refractivity contribution in [3.63, 3.8) is 0 Å². The average molecular weight is 349 g/mol. The topological polar surface area (TPSA) is 31.2 Å². The van der Waals surface area contributed by atoms with Crippen LogP contribution < -0.4 is 0 Å². The number of ether oxygens (including phenoxy) is 1. The van der Waals surface area contributed by atoms with Crippen molar-refractivity contribution in [3.05, 3.63) is 61.2 Å². The molecule has 1 aromatic heterocycles.